The highest BCUT2D eigenvalue weighted by molar-refractivity contribution is 7.89. The number of nitrogens with zero attached hydrogens (tertiary/aromatic N) is 1. The maximum atomic E-state index is 12.3. The topological polar surface area (TPSA) is 61.4 Å². The highest BCUT2D eigenvalue weighted by Gasteiger charge is 2.19. The maximum absolute atomic E-state index is 12.3. The zero-order valence-corrected chi connectivity index (χ0v) is 15.0. The van der Waals surface area contributed by atoms with Gasteiger partial charge >= 0.3 is 0 Å². The summed E-state index contributed by atoms with van der Waals surface area (Å²) in [6.07, 6.45) is 1.06. The van der Waals surface area contributed by atoms with Gasteiger partial charge in [-0.2, -0.15) is 0 Å². The summed E-state index contributed by atoms with van der Waals surface area (Å²) < 4.78 is 27.4. The SMILES string of the molecule is CCNCc1sccc1S(=O)(=O)NCCN(C)C(C)CC. The summed E-state index contributed by atoms with van der Waals surface area (Å²) in [6, 6.07) is 2.14. The van der Waals surface area contributed by atoms with Crippen LogP contribution in [0.5, 0.6) is 0 Å². The molecule has 1 heterocycles. The summed E-state index contributed by atoms with van der Waals surface area (Å²) in [6.45, 7) is 8.83. The Morgan fingerprint density at radius 1 is 1.38 bits per heavy atom. The third kappa shape index (κ3) is 5.67. The number of sulfonamides is 1. The Balaban J connectivity index is 2.59. The van der Waals surface area contributed by atoms with Crippen LogP contribution in [0.1, 0.15) is 32.1 Å². The molecule has 5 nitrogen and oxygen atoms in total. The molecule has 0 aliphatic carbocycles. The van der Waals surface area contributed by atoms with E-state index in [0.29, 0.717) is 30.6 Å². The van der Waals surface area contributed by atoms with E-state index in [-0.39, 0.29) is 0 Å². The van der Waals surface area contributed by atoms with Crippen molar-refractivity contribution in [3.63, 3.8) is 0 Å². The zero-order valence-electron chi connectivity index (χ0n) is 13.3. The molecule has 0 aromatic carbocycles. The van der Waals surface area contributed by atoms with Gasteiger partial charge in [-0.1, -0.05) is 13.8 Å². The first-order valence-electron chi connectivity index (χ1n) is 7.39. The molecule has 0 aliphatic rings. The fraction of sp³-hybridized carbons (Fsp3) is 0.714. The molecule has 7 heteroatoms. The van der Waals surface area contributed by atoms with Crippen LogP contribution < -0.4 is 10.0 Å². The summed E-state index contributed by atoms with van der Waals surface area (Å²) >= 11 is 1.47. The number of hydrogen-bond acceptors (Lipinski definition) is 5. The van der Waals surface area contributed by atoms with Gasteiger partial charge in [0.2, 0.25) is 10.0 Å². The second kappa shape index (κ2) is 8.85. The average molecular weight is 334 g/mol. The molecule has 21 heavy (non-hydrogen) atoms. The lowest BCUT2D eigenvalue weighted by atomic mass is 10.2. The second-order valence-corrected chi connectivity index (χ2v) is 7.86. The molecule has 0 saturated heterocycles. The summed E-state index contributed by atoms with van der Waals surface area (Å²) in [5, 5.41) is 5.00. The monoisotopic (exact) mass is 333 g/mol. The first-order chi connectivity index (χ1) is 9.92. The molecular weight excluding hydrogens is 306 g/mol. The largest absolute Gasteiger partial charge is 0.312 e. The third-order valence-corrected chi connectivity index (χ3v) is 6.23. The maximum Gasteiger partial charge on any atom is 0.241 e. The Kier molecular flexibility index (Phi) is 7.83. The van der Waals surface area contributed by atoms with Crippen molar-refractivity contribution in [2.24, 2.45) is 0 Å². The standard InChI is InChI=1S/C14H27N3O2S2/c1-5-12(3)17(4)9-8-16-21(18,19)14-7-10-20-13(14)11-15-6-2/h7,10,12,15-16H,5-6,8-9,11H2,1-4H3. The van der Waals surface area contributed by atoms with Gasteiger partial charge in [0.15, 0.2) is 0 Å². The minimum atomic E-state index is -3.41. The zero-order chi connectivity index (χ0) is 15.9. The van der Waals surface area contributed by atoms with E-state index in [1.54, 1.807) is 6.07 Å². The van der Waals surface area contributed by atoms with Crippen molar-refractivity contribution in [2.45, 2.75) is 44.7 Å². The van der Waals surface area contributed by atoms with Gasteiger partial charge in [-0.05, 0) is 38.4 Å². The molecule has 0 fully saturated rings. The number of rotatable bonds is 10. The van der Waals surface area contributed by atoms with Crippen LogP contribution in [0.3, 0.4) is 0 Å². The first-order valence-corrected chi connectivity index (χ1v) is 9.75. The fourth-order valence-electron chi connectivity index (χ4n) is 1.90. The predicted molar refractivity (Wildman–Crippen MR) is 89.3 cm³/mol. The van der Waals surface area contributed by atoms with Crippen molar-refractivity contribution in [3.8, 4) is 0 Å². The Morgan fingerprint density at radius 3 is 2.71 bits per heavy atom. The minimum absolute atomic E-state index is 0.402. The molecule has 1 aromatic heterocycles. The van der Waals surface area contributed by atoms with E-state index in [9.17, 15) is 8.42 Å². The Morgan fingerprint density at radius 2 is 2.10 bits per heavy atom. The average Bonchev–Trinajstić information content (AvgIpc) is 2.93. The van der Waals surface area contributed by atoms with E-state index in [4.69, 9.17) is 0 Å². The van der Waals surface area contributed by atoms with Crippen molar-refractivity contribution in [1.82, 2.24) is 14.9 Å². The lowest BCUT2D eigenvalue weighted by Crippen LogP contribution is -2.37. The van der Waals surface area contributed by atoms with Gasteiger partial charge in [0.25, 0.3) is 0 Å². The number of nitrogens with one attached hydrogen (secondary N) is 2. The number of thiophene rings is 1. The van der Waals surface area contributed by atoms with Crippen molar-refractivity contribution >= 4 is 21.4 Å². The Bertz CT molecular complexity index is 514. The molecule has 1 rings (SSSR count). The predicted octanol–water partition coefficient (Wildman–Crippen LogP) is 1.87. The van der Waals surface area contributed by atoms with Crippen molar-refractivity contribution in [1.29, 1.82) is 0 Å². The van der Waals surface area contributed by atoms with E-state index < -0.39 is 10.0 Å². The molecule has 0 saturated carbocycles. The molecule has 1 unspecified atom stereocenters. The highest BCUT2D eigenvalue weighted by atomic mass is 32.2. The summed E-state index contributed by atoms with van der Waals surface area (Å²) in [4.78, 5) is 3.43. The van der Waals surface area contributed by atoms with Crippen LogP contribution in [0.15, 0.2) is 16.3 Å². The van der Waals surface area contributed by atoms with Gasteiger partial charge in [0.05, 0.1) is 4.90 Å². The molecule has 1 aromatic rings. The van der Waals surface area contributed by atoms with Gasteiger partial charge < -0.3 is 10.2 Å². The molecular formula is C14H27N3O2S2. The Hall–Kier alpha value is -0.470. The molecule has 0 aliphatic heterocycles. The summed E-state index contributed by atoms with van der Waals surface area (Å²) in [7, 11) is -1.39. The van der Waals surface area contributed by atoms with Gasteiger partial charge in [-0.15, -0.1) is 11.3 Å². The van der Waals surface area contributed by atoms with Crippen LogP contribution >= 0.6 is 11.3 Å². The van der Waals surface area contributed by atoms with Crippen LogP contribution in [-0.2, 0) is 16.6 Å². The number of likely N-dealkylation sites (N-methyl/N-ethyl adjacent to an activating group) is 1. The van der Waals surface area contributed by atoms with Gasteiger partial charge in [-0.3, -0.25) is 0 Å². The van der Waals surface area contributed by atoms with Crippen molar-refractivity contribution < 1.29 is 8.42 Å². The van der Waals surface area contributed by atoms with Crippen molar-refractivity contribution in [3.05, 3.63) is 16.3 Å². The second-order valence-electron chi connectivity index (χ2n) is 5.12. The van der Waals surface area contributed by atoms with Crippen LogP contribution in [-0.4, -0.2) is 46.0 Å². The summed E-state index contributed by atoms with van der Waals surface area (Å²) in [5.41, 5.74) is 0. The Labute approximate surface area is 132 Å². The lowest BCUT2D eigenvalue weighted by molar-refractivity contribution is 0.256. The first kappa shape index (κ1) is 18.6. The van der Waals surface area contributed by atoms with Gasteiger partial charge in [0, 0.05) is 30.6 Å². The van der Waals surface area contributed by atoms with Crippen LogP contribution in [0.4, 0.5) is 0 Å². The smallest absolute Gasteiger partial charge is 0.241 e. The van der Waals surface area contributed by atoms with Crippen LogP contribution in [0, 0.1) is 0 Å². The van der Waals surface area contributed by atoms with E-state index in [1.165, 1.54) is 11.3 Å². The van der Waals surface area contributed by atoms with Gasteiger partial charge in [0.1, 0.15) is 0 Å². The van der Waals surface area contributed by atoms with Gasteiger partial charge in [-0.25, -0.2) is 13.1 Å². The number of hydrogen-bond donors (Lipinski definition) is 2. The molecule has 0 radical (unpaired) electrons. The van der Waals surface area contributed by atoms with Crippen LogP contribution in [0.25, 0.3) is 0 Å². The minimum Gasteiger partial charge on any atom is -0.312 e. The fourth-order valence-corrected chi connectivity index (χ4v) is 4.33. The molecule has 2 N–H and O–H groups in total. The van der Waals surface area contributed by atoms with Crippen molar-refractivity contribution in [2.75, 3.05) is 26.7 Å². The summed E-state index contributed by atoms with van der Waals surface area (Å²) in [5.74, 6) is 0. The lowest BCUT2D eigenvalue weighted by Gasteiger charge is -2.23. The molecule has 122 valence electrons. The quantitative estimate of drug-likeness (QED) is 0.686. The molecule has 0 amide bonds. The molecule has 1 atom stereocenters. The van der Waals surface area contributed by atoms with E-state index in [0.717, 1.165) is 17.8 Å². The van der Waals surface area contributed by atoms with Crippen LogP contribution in [0.2, 0.25) is 0 Å². The third-order valence-electron chi connectivity index (χ3n) is 3.63. The van der Waals surface area contributed by atoms with E-state index in [1.807, 2.05) is 19.4 Å². The van der Waals surface area contributed by atoms with E-state index >= 15 is 0 Å². The molecule has 0 spiro atoms. The molecule has 0 bridgehead atoms. The van der Waals surface area contributed by atoms with E-state index in [2.05, 4.69) is 28.8 Å². The highest BCUT2D eigenvalue weighted by Crippen LogP contribution is 2.21. The normalized spacial score (nSPS) is 13.8.